The number of furan rings is 1. The highest BCUT2D eigenvalue weighted by molar-refractivity contribution is 9.10. The SMILES string of the molecule is O=C(NCC[C@@H](O)c1ccoc1)c1ccccc1Br. The van der Waals surface area contributed by atoms with Crippen LogP contribution >= 0.6 is 15.9 Å². The Balaban J connectivity index is 1.83. The van der Waals surface area contributed by atoms with E-state index in [1.807, 2.05) is 12.1 Å². The van der Waals surface area contributed by atoms with E-state index in [-0.39, 0.29) is 5.91 Å². The first-order chi connectivity index (χ1) is 9.18. The number of aliphatic hydroxyl groups excluding tert-OH is 1. The fourth-order valence-corrected chi connectivity index (χ4v) is 2.16. The van der Waals surface area contributed by atoms with Crippen LogP contribution in [0.1, 0.15) is 28.4 Å². The van der Waals surface area contributed by atoms with Crippen LogP contribution in [0.15, 0.2) is 51.7 Å². The van der Waals surface area contributed by atoms with Gasteiger partial charge in [-0.25, -0.2) is 0 Å². The van der Waals surface area contributed by atoms with Crippen LogP contribution in [-0.4, -0.2) is 17.6 Å². The first kappa shape index (κ1) is 13.8. The molecule has 1 aromatic carbocycles. The highest BCUT2D eigenvalue weighted by Crippen LogP contribution is 2.17. The molecule has 0 radical (unpaired) electrons. The van der Waals surface area contributed by atoms with E-state index in [2.05, 4.69) is 21.2 Å². The quantitative estimate of drug-likeness (QED) is 0.889. The predicted octanol–water partition coefficient (Wildman–Crippen LogP) is 2.90. The van der Waals surface area contributed by atoms with E-state index in [1.165, 1.54) is 12.5 Å². The predicted molar refractivity (Wildman–Crippen MR) is 74.8 cm³/mol. The summed E-state index contributed by atoms with van der Waals surface area (Å²) in [6.45, 7) is 0.395. The molecule has 19 heavy (non-hydrogen) atoms. The lowest BCUT2D eigenvalue weighted by molar-refractivity contribution is 0.0942. The molecule has 100 valence electrons. The molecule has 2 rings (SSSR count). The van der Waals surface area contributed by atoms with Gasteiger partial charge in [-0.2, -0.15) is 0 Å². The van der Waals surface area contributed by atoms with Crippen LogP contribution in [0, 0.1) is 0 Å². The van der Waals surface area contributed by atoms with E-state index in [0.717, 1.165) is 10.0 Å². The summed E-state index contributed by atoms with van der Waals surface area (Å²) in [7, 11) is 0. The van der Waals surface area contributed by atoms with Crippen molar-refractivity contribution in [2.24, 2.45) is 0 Å². The summed E-state index contributed by atoms with van der Waals surface area (Å²) in [4.78, 5) is 11.9. The third-order valence-corrected chi connectivity index (χ3v) is 3.44. The second-order valence-corrected chi connectivity index (χ2v) is 4.95. The maximum Gasteiger partial charge on any atom is 0.252 e. The Morgan fingerprint density at radius 3 is 2.84 bits per heavy atom. The maximum absolute atomic E-state index is 11.9. The van der Waals surface area contributed by atoms with Crippen molar-refractivity contribution in [3.8, 4) is 0 Å². The molecule has 0 spiro atoms. The molecule has 1 atom stereocenters. The highest BCUT2D eigenvalue weighted by atomic mass is 79.9. The van der Waals surface area contributed by atoms with Gasteiger partial charge in [0, 0.05) is 16.6 Å². The molecule has 0 aliphatic heterocycles. The molecule has 0 saturated carbocycles. The molecule has 2 N–H and O–H groups in total. The molecule has 1 aromatic heterocycles. The van der Waals surface area contributed by atoms with Crippen molar-refractivity contribution in [1.82, 2.24) is 5.32 Å². The molecule has 1 heterocycles. The van der Waals surface area contributed by atoms with Gasteiger partial charge in [-0.05, 0) is 40.5 Å². The molecule has 5 heteroatoms. The number of nitrogens with one attached hydrogen (secondary N) is 1. The largest absolute Gasteiger partial charge is 0.472 e. The topological polar surface area (TPSA) is 62.5 Å². The minimum absolute atomic E-state index is 0.160. The molecule has 4 nitrogen and oxygen atoms in total. The summed E-state index contributed by atoms with van der Waals surface area (Å²) < 4.78 is 5.65. The molecular formula is C14H14BrNO3. The number of hydrogen-bond acceptors (Lipinski definition) is 3. The lowest BCUT2D eigenvalue weighted by Crippen LogP contribution is -2.25. The fourth-order valence-electron chi connectivity index (χ4n) is 1.69. The van der Waals surface area contributed by atoms with Crippen LogP contribution in [0.4, 0.5) is 0 Å². The summed E-state index contributed by atoms with van der Waals surface area (Å²) in [6, 6.07) is 8.92. The summed E-state index contributed by atoms with van der Waals surface area (Å²) >= 11 is 3.33. The van der Waals surface area contributed by atoms with Crippen molar-refractivity contribution < 1.29 is 14.3 Å². The number of carbonyl (C=O) groups is 1. The average molecular weight is 324 g/mol. The van der Waals surface area contributed by atoms with Crippen molar-refractivity contribution in [3.63, 3.8) is 0 Å². The Morgan fingerprint density at radius 1 is 1.37 bits per heavy atom. The van der Waals surface area contributed by atoms with Crippen LogP contribution in [0.5, 0.6) is 0 Å². The lowest BCUT2D eigenvalue weighted by Gasteiger charge is -2.10. The van der Waals surface area contributed by atoms with Crippen molar-refractivity contribution in [2.75, 3.05) is 6.54 Å². The number of amides is 1. The molecule has 0 aliphatic carbocycles. The van der Waals surface area contributed by atoms with E-state index in [4.69, 9.17) is 4.42 Å². The summed E-state index contributed by atoms with van der Waals surface area (Å²) in [5.41, 5.74) is 1.30. The number of hydrogen-bond donors (Lipinski definition) is 2. The Morgan fingerprint density at radius 2 is 2.16 bits per heavy atom. The van der Waals surface area contributed by atoms with Gasteiger partial charge in [0.05, 0.1) is 24.2 Å². The standard InChI is InChI=1S/C14H14BrNO3/c15-12-4-2-1-3-11(12)14(18)16-7-5-13(17)10-6-8-19-9-10/h1-4,6,8-9,13,17H,5,7H2,(H,16,18)/t13-/m1/s1. The number of rotatable bonds is 5. The van der Waals surface area contributed by atoms with E-state index in [0.29, 0.717) is 18.5 Å². The minimum Gasteiger partial charge on any atom is -0.472 e. The van der Waals surface area contributed by atoms with E-state index in [1.54, 1.807) is 18.2 Å². The van der Waals surface area contributed by atoms with Crippen molar-refractivity contribution in [2.45, 2.75) is 12.5 Å². The zero-order valence-corrected chi connectivity index (χ0v) is 11.8. The highest BCUT2D eigenvalue weighted by Gasteiger charge is 2.11. The molecular weight excluding hydrogens is 310 g/mol. The maximum atomic E-state index is 11.9. The number of halogens is 1. The second-order valence-electron chi connectivity index (χ2n) is 4.10. The number of carbonyl (C=O) groups excluding carboxylic acids is 1. The van der Waals surface area contributed by atoms with Gasteiger partial charge in [-0.3, -0.25) is 4.79 Å². The Bertz CT molecular complexity index is 539. The second kappa shape index (κ2) is 6.54. The zero-order chi connectivity index (χ0) is 13.7. The molecule has 1 amide bonds. The van der Waals surface area contributed by atoms with Crippen molar-refractivity contribution in [1.29, 1.82) is 0 Å². The summed E-state index contributed by atoms with van der Waals surface area (Å²) in [5, 5.41) is 12.6. The van der Waals surface area contributed by atoms with Gasteiger partial charge in [-0.15, -0.1) is 0 Å². The van der Waals surface area contributed by atoms with Gasteiger partial charge in [0.25, 0.3) is 5.91 Å². The minimum atomic E-state index is -0.627. The van der Waals surface area contributed by atoms with Gasteiger partial charge in [-0.1, -0.05) is 12.1 Å². The van der Waals surface area contributed by atoms with Crippen molar-refractivity contribution in [3.05, 3.63) is 58.5 Å². The Kier molecular flexibility index (Phi) is 4.76. The Hall–Kier alpha value is -1.59. The van der Waals surface area contributed by atoms with Gasteiger partial charge in [0.1, 0.15) is 0 Å². The van der Waals surface area contributed by atoms with Crippen LogP contribution in [0.2, 0.25) is 0 Å². The fraction of sp³-hybridized carbons (Fsp3) is 0.214. The van der Waals surface area contributed by atoms with Gasteiger partial charge in [0.2, 0.25) is 0 Å². The average Bonchev–Trinajstić information content (AvgIpc) is 2.93. The van der Waals surface area contributed by atoms with E-state index >= 15 is 0 Å². The molecule has 0 saturated heterocycles. The van der Waals surface area contributed by atoms with Crippen molar-refractivity contribution >= 4 is 21.8 Å². The van der Waals surface area contributed by atoms with Gasteiger partial charge in [0.15, 0.2) is 0 Å². The first-order valence-electron chi connectivity index (χ1n) is 5.91. The number of benzene rings is 1. The van der Waals surface area contributed by atoms with Crippen LogP contribution in [0.3, 0.4) is 0 Å². The molecule has 0 aliphatic rings. The summed E-state index contributed by atoms with van der Waals surface area (Å²) in [5.74, 6) is -0.160. The number of aliphatic hydroxyl groups is 1. The van der Waals surface area contributed by atoms with Crippen LogP contribution in [-0.2, 0) is 0 Å². The van der Waals surface area contributed by atoms with E-state index in [9.17, 15) is 9.90 Å². The third-order valence-electron chi connectivity index (χ3n) is 2.75. The summed E-state index contributed by atoms with van der Waals surface area (Å²) in [6.07, 6.45) is 2.83. The Labute approximate surface area is 119 Å². The van der Waals surface area contributed by atoms with Gasteiger partial charge >= 0.3 is 0 Å². The smallest absolute Gasteiger partial charge is 0.252 e. The molecule has 0 bridgehead atoms. The molecule has 0 unspecified atom stereocenters. The monoisotopic (exact) mass is 323 g/mol. The third kappa shape index (κ3) is 3.68. The molecule has 0 fully saturated rings. The first-order valence-corrected chi connectivity index (χ1v) is 6.70. The normalized spacial score (nSPS) is 12.1. The van der Waals surface area contributed by atoms with Crippen LogP contribution in [0.25, 0.3) is 0 Å². The molecule has 2 aromatic rings. The van der Waals surface area contributed by atoms with Crippen LogP contribution < -0.4 is 5.32 Å². The lowest BCUT2D eigenvalue weighted by atomic mass is 10.1. The van der Waals surface area contributed by atoms with Gasteiger partial charge < -0.3 is 14.8 Å². The zero-order valence-electron chi connectivity index (χ0n) is 10.2. The van der Waals surface area contributed by atoms with E-state index < -0.39 is 6.10 Å².